The highest BCUT2D eigenvalue weighted by Crippen LogP contribution is 2.11. The zero-order valence-electron chi connectivity index (χ0n) is 12.1. The SMILES string of the molecule is CCc1cc(CN(C)Cc2cnn(C(C)C)c2)on1. The largest absolute Gasteiger partial charge is 0.360 e. The van der Waals surface area contributed by atoms with Crippen molar-refractivity contribution in [2.24, 2.45) is 0 Å². The van der Waals surface area contributed by atoms with Crippen molar-refractivity contribution in [2.45, 2.75) is 46.3 Å². The number of nitrogens with zero attached hydrogens (tertiary/aromatic N) is 4. The quantitative estimate of drug-likeness (QED) is 0.803. The molecular weight excluding hydrogens is 240 g/mol. The van der Waals surface area contributed by atoms with Gasteiger partial charge in [-0.25, -0.2) is 0 Å². The number of hydrogen-bond acceptors (Lipinski definition) is 4. The van der Waals surface area contributed by atoms with Crippen LogP contribution in [0.1, 0.15) is 43.8 Å². The minimum absolute atomic E-state index is 0.403. The van der Waals surface area contributed by atoms with Gasteiger partial charge in [-0.05, 0) is 27.3 Å². The molecule has 0 aromatic carbocycles. The van der Waals surface area contributed by atoms with Gasteiger partial charge in [-0.15, -0.1) is 0 Å². The Morgan fingerprint density at radius 2 is 2.16 bits per heavy atom. The predicted molar refractivity (Wildman–Crippen MR) is 73.7 cm³/mol. The van der Waals surface area contributed by atoms with Crippen molar-refractivity contribution in [3.8, 4) is 0 Å². The van der Waals surface area contributed by atoms with Gasteiger partial charge in [0.15, 0.2) is 5.76 Å². The molecule has 0 aliphatic carbocycles. The summed E-state index contributed by atoms with van der Waals surface area (Å²) < 4.78 is 7.27. The topological polar surface area (TPSA) is 47.1 Å². The van der Waals surface area contributed by atoms with Crippen LogP contribution in [-0.4, -0.2) is 26.9 Å². The fourth-order valence-electron chi connectivity index (χ4n) is 1.97. The van der Waals surface area contributed by atoms with Crippen molar-refractivity contribution >= 4 is 0 Å². The summed E-state index contributed by atoms with van der Waals surface area (Å²) in [6, 6.07) is 2.43. The van der Waals surface area contributed by atoms with Crippen LogP contribution in [-0.2, 0) is 19.5 Å². The lowest BCUT2D eigenvalue weighted by atomic mass is 10.3. The van der Waals surface area contributed by atoms with Gasteiger partial charge in [-0.3, -0.25) is 9.58 Å². The van der Waals surface area contributed by atoms with Gasteiger partial charge in [0.1, 0.15) is 0 Å². The molecule has 2 rings (SSSR count). The van der Waals surface area contributed by atoms with E-state index in [1.807, 2.05) is 16.9 Å². The lowest BCUT2D eigenvalue weighted by Gasteiger charge is -2.13. The summed E-state index contributed by atoms with van der Waals surface area (Å²) >= 11 is 0. The number of rotatable bonds is 6. The van der Waals surface area contributed by atoms with Gasteiger partial charge in [0.25, 0.3) is 0 Å². The summed E-state index contributed by atoms with van der Waals surface area (Å²) in [5, 5.41) is 8.35. The first-order valence-electron chi connectivity index (χ1n) is 6.74. The van der Waals surface area contributed by atoms with E-state index in [1.165, 1.54) is 5.56 Å². The second-order valence-corrected chi connectivity index (χ2v) is 5.23. The van der Waals surface area contributed by atoms with Crippen LogP contribution in [0.2, 0.25) is 0 Å². The van der Waals surface area contributed by atoms with E-state index in [4.69, 9.17) is 4.52 Å². The summed E-state index contributed by atoms with van der Waals surface area (Å²) in [6.45, 7) is 7.95. The van der Waals surface area contributed by atoms with Crippen molar-refractivity contribution < 1.29 is 4.52 Å². The highest BCUT2D eigenvalue weighted by molar-refractivity contribution is 5.07. The van der Waals surface area contributed by atoms with Crippen molar-refractivity contribution in [2.75, 3.05) is 7.05 Å². The minimum Gasteiger partial charge on any atom is -0.360 e. The van der Waals surface area contributed by atoms with Gasteiger partial charge in [-0.2, -0.15) is 5.10 Å². The van der Waals surface area contributed by atoms with Gasteiger partial charge in [0.2, 0.25) is 0 Å². The van der Waals surface area contributed by atoms with E-state index in [2.05, 4.69) is 49.2 Å². The molecule has 0 saturated carbocycles. The minimum atomic E-state index is 0.403. The molecule has 0 N–H and O–H groups in total. The second kappa shape index (κ2) is 6.02. The Bertz CT molecular complexity index is 515. The Labute approximate surface area is 114 Å². The summed E-state index contributed by atoms with van der Waals surface area (Å²) in [4.78, 5) is 2.20. The smallest absolute Gasteiger partial charge is 0.150 e. The molecule has 0 bridgehead atoms. The van der Waals surface area contributed by atoms with Crippen LogP contribution in [0.3, 0.4) is 0 Å². The summed E-state index contributed by atoms with van der Waals surface area (Å²) in [5.41, 5.74) is 2.22. The van der Waals surface area contributed by atoms with E-state index in [-0.39, 0.29) is 0 Å². The molecule has 2 aromatic rings. The Morgan fingerprint density at radius 3 is 2.74 bits per heavy atom. The summed E-state index contributed by atoms with van der Waals surface area (Å²) in [5.74, 6) is 0.913. The highest BCUT2D eigenvalue weighted by atomic mass is 16.5. The van der Waals surface area contributed by atoms with E-state index in [9.17, 15) is 0 Å². The molecule has 104 valence electrons. The molecule has 0 saturated heterocycles. The molecular formula is C14H22N4O. The molecule has 5 heteroatoms. The average Bonchev–Trinajstić information content (AvgIpc) is 2.98. The van der Waals surface area contributed by atoms with Crippen molar-refractivity contribution in [1.29, 1.82) is 0 Å². The van der Waals surface area contributed by atoms with Gasteiger partial charge in [-0.1, -0.05) is 12.1 Å². The standard InChI is InChI=1S/C14H22N4O/c1-5-13-6-14(19-16-13)10-17(4)8-12-7-15-18(9-12)11(2)3/h6-7,9,11H,5,8,10H2,1-4H3. The maximum atomic E-state index is 5.29. The molecule has 0 atom stereocenters. The van der Waals surface area contributed by atoms with Crippen LogP contribution in [0.4, 0.5) is 0 Å². The lowest BCUT2D eigenvalue weighted by Crippen LogP contribution is -2.16. The van der Waals surface area contributed by atoms with Crippen LogP contribution in [0.25, 0.3) is 0 Å². The molecule has 19 heavy (non-hydrogen) atoms. The molecule has 0 unspecified atom stereocenters. The van der Waals surface area contributed by atoms with Crippen molar-refractivity contribution in [1.82, 2.24) is 19.8 Å². The molecule has 0 radical (unpaired) electrons. The highest BCUT2D eigenvalue weighted by Gasteiger charge is 2.09. The fourth-order valence-corrected chi connectivity index (χ4v) is 1.97. The third kappa shape index (κ3) is 3.67. The second-order valence-electron chi connectivity index (χ2n) is 5.23. The van der Waals surface area contributed by atoms with Gasteiger partial charge in [0.05, 0.1) is 18.4 Å². The molecule has 0 spiro atoms. The Morgan fingerprint density at radius 1 is 1.37 bits per heavy atom. The number of aromatic nitrogens is 3. The number of hydrogen-bond donors (Lipinski definition) is 0. The molecule has 2 heterocycles. The van der Waals surface area contributed by atoms with Gasteiger partial charge in [0, 0.05) is 30.4 Å². The molecule has 0 amide bonds. The van der Waals surface area contributed by atoms with Crippen LogP contribution in [0, 0.1) is 0 Å². The molecule has 0 aliphatic rings. The van der Waals surface area contributed by atoms with Gasteiger partial charge >= 0.3 is 0 Å². The van der Waals surface area contributed by atoms with Gasteiger partial charge < -0.3 is 4.52 Å². The fraction of sp³-hybridized carbons (Fsp3) is 0.571. The van der Waals surface area contributed by atoms with Crippen molar-refractivity contribution in [3.05, 3.63) is 35.5 Å². The first kappa shape index (κ1) is 13.8. The van der Waals surface area contributed by atoms with Crippen LogP contribution < -0.4 is 0 Å². The van der Waals surface area contributed by atoms with E-state index in [0.29, 0.717) is 6.04 Å². The monoisotopic (exact) mass is 262 g/mol. The average molecular weight is 262 g/mol. The van der Waals surface area contributed by atoms with Crippen LogP contribution in [0.15, 0.2) is 23.0 Å². The van der Waals surface area contributed by atoms with E-state index in [1.54, 1.807) is 0 Å². The summed E-state index contributed by atoms with van der Waals surface area (Å²) in [6.07, 6.45) is 4.93. The molecule has 0 fully saturated rings. The van der Waals surface area contributed by atoms with E-state index < -0.39 is 0 Å². The lowest BCUT2D eigenvalue weighted by molar-refractivity contribution is 0.265. The third-order valence-corrected chi connectivity index (χ3v) is 3.03. The predicted octanol–water partition coefficient (Wildman–Crippen LogP) is 2.65. The third-order valence-electron chi connectivity index (χ3n) is 3.03. The molecule has 0 aliphatic heterocycles. The Balaban J connectivity index is 1.91. The molecule has 2 aromatic heterocycles. The van der Waals surface area contributed by atoms with E-state index in [0.717, 1.165) is 31.0 Å². The van der Waals surface area contributed by atoms with Crippen LogP contribution >= 0.6 is 0 Å². The first-order valence-corrected chi connectivity index (χ1v) is 6.74. The van der Waals surface area contributed by atoms with Crippen molar-refractivity contribution in [3.63, 3.8) is 0 Å². The Hall–Kier alpha value is -1.62. The number of aryl methyl sites for hydroxylation is 1. The summed E-state index contributed by atoms with van der Waals surface area (Å²) in [7, 11) is 2.07. The normalized spacial score (nSPS) is 11.7. The van der Waals surface area contributed by atoms with Crippen LogP contribution in [0.5, 0.6) is 0 Å². The zero-order chi connectivity index (χ0) is 13.8. The molecule has 5 nitrogen and oxygen atoms in total. The van der Waals surface area contributed by atoms with E-state index >= 15 is 0 Å². The maximum Gasteiger partial charge on any atom is 0.150 e. The zero-order valence-corrected chi connectivity index (χ0v) is 12.1. The maximum absolute atomic E-state index is 5.29. The first-order chi connectivity index (χ1) is 9.08. The Kier molecular flexibility index (Phi) is 4.37.